The number of nitrogens with two attached hydrogens (primary N) is 1. The monoisotopic (exact) mass is 492 g/mol. The minimum absolute atomic E-state index is 0.0459. The van der Waals surface area contributed by atoms with Crippen molar-refractivity contribution in [2.75, 3.05) is 12.4 Å². The van der Waals surface area contributed by atoms with E-state index in [-0.39, 0.29) is 52.3 Å². The number of nitrogens with one attached hydrogen (secondary N) is 3. The second-order valence-corrected chi connectivity index (χ2v) is 9.17. The molecule has 1 heterocycles. The summed E-state index contributed by atoms with van der Waals surface area (Å²) < 4.78 is 0. The zero-order valence-electron chi connectivity index (χ0n) is 20.7. The molecule has 1 aliphatic carbocycles. The SMILES string of the molecule is CC[C@@H](NC1=C(Nc2cccc(C(=O)NC)c2O)C(=O)N(C2CCCCC2)[NH2+]C1=O)c1ccccc1. The van der Waals surface area contributed by atoms with Crippen LogP contribution in [0.25, 0.3) is 0 Å². The molecule has 4 rings (SSSR count). The summed E-state index contributed by atoms with van der Waals surface area (Å²) in [4.78, 5) is 39.4. The van der Waals surface area contributed by atoms with Gasteiger partial charge in [-0.15, -0.1) is 0 Å². The molecule has 2 aromatic carbocycles. The second-order valence-electron chi connectivity index (χ2n) is 9.17. The number of phenols is 1. The van der Waals surface area contributed by atoms with Gasteiger partial charge in [0, 0.05) is 7.05 Å². The molecule has 1 aliphatic heterocycles. The molecule has 1 atom stereocenters. The molecule has 3 amide bonds. The molecule has 0 radical (unpaired) electrons. The first-order valence-corrected chi connectivity index (χ1v) is 12.5. The average molecular weight is 493 g/mol. The minimum Gasteiger partial charge on any atom is -0.505 e. The van der Waals surface area contributed by atoms with E-state index in [0.717, 1.165) is 37.7 Å². The number of hydrogen-bond acceptors (Lipinski definition) is 6. The van der Waals surface area contributed by atoms with Gasteiger partial charge in [-0.05, 0) is 37.0 Å². The number of nitrogens with zero attached hydrogens (tertiary/aromatic N) is 1. The Morgan fingerprint density at radius 2 is 1.78 bits per heavy atom. The van der Waals surface area contributed by atoms with Crippen LogP contribution in [0.15, 0.2) is 59.9 Å². The van der Waals surface area contributed by atoms with Gasteiger partial charge < -0.3 is 21.1 Å². The van der Waals surface area contributed by atoms with Gasteiger partial charge in [0.15, 0.2) is 11.4 Å². The molecule has 9 heteroatoms. The van der Waals surface area contributed by atoms with E-state index in [1.165, 1.54) is 23.5 Å². The smallest absolute Gasteiger partial charge is 0.385 e. The number of carbonyl (C=O) groups is 3. The lowest BCUT2D eigenvalue weighted by Gasteiger charge is -2.35. The number of para-hydroxylation sites is 1. The normalized spacial score (nSPS) is 17.7. The van der Waals surface area contributed by atoms with Crippen LogP contribution in [0.2, 0.25) is 0 Å². The summed E-state index contributed by atoms with van der Waals surface area (Å²) in [6.07, 6.45) is 5.50. The molecule has 0 unspecified atom stereocenters. The van der Waals surface area contributed by atoms with E-state index in [1.807, 2.05) is 37.3 Å². The lowest BCUT2D eigenvalue weighted by Crippen LogP contribution is -3.01. The van der Waals surface area contributed by atoms with Gasteiger partial charge in [-0.2, -0.15) is 10.4 Å². The van der Waals surface area contributed by atoms with E-state index in [4.69, 9.17) is 0 Å². The molecule has 9 nitrogen and oxygen atoms in total. The Hall–Kier alpha value is -3.85. The van der Waals surface area contributed by atoms with Crippen molar-refractivity contribution in [2.24, 2.45) is 0 Å². The van der Waals surface area contributed by atoms with Gasteiger partial charge in [0.2, 0.25) is 0 Å². The van der Waals surface area contributed by atoms with Crippen LogP contribution in [0.1, 0.15) is 67.4 Å². The van der Waals surface area contributed by atoms with Gasteiger partial charge >= 0.3 is 11.8 Å². The number of carbonyl (C=O) groups excluding carboxylic acids is 3. The third-order valence-electron chi connectivity index (χ3n) is 6.87. The lowest BCUT2D eigenvalue weighted by atomic mass is 9.94. The van der Waals surface area contributed by atoms with Gasteiger partial charge in [-0.1, -0.05) is 62.6 Å². The first kappa shape index (κ1) is 25.2. The Labute approximate surface area is 210 Å². The van der Waals surface area contributed by atoms with Crippen LogP contribution in [0.3, 0.4) is 0 Å². The molecule has 0 bridgehead atoms. The molecular formula is C27H34N5O4+. The van der Waals surface area contributed by atoms with Gasteiger partial charge in [-0.3, -0.25) is 9.59 Å². The van der Waals surface area contributed by atoms with Crippen molar-refractivity contribution in [3.05, 3.63) is 71.1 Å². The van der Waals surface area contributed by atoms with E-state index >= 15 is 0 Å². The fourth-order valence-corrected chi connectivity index (χ4v) is 4.88. The molecule has 0 spiro atoms. The summed E-state index contributed by atoms with van der Waals surface area (Å²) in [6.45, 7) is 2.00. The van der Waals surface area contributed by atoms with Crippen molar-refractivity contribution in [1.82, 2.24) is 15.6 Å². The highest BCUT2D eigenvalue weighted by Crippen LogP contribution is 2.31. The largest absolute Gasteiger partial charge is 0.505 e. The summed E-state index contributed by atoms with van der Waals surface area (Å²) in [5.74, 6) is -1.39. The zero-order valence-corrected chi connectivity index (χ0v) is 20.7. The van der Waals surface area contributed by atoms with Crippen LogP contribution in [0.5, 0.6) is 5.75 Å². The maximum absolute atomic E-state index is 13.8. The lowest BCUT2D eigenvalue weighted by molar-refractivity contribution is -0.716. The molecule has 1 fully saturated rings. The van der Waals surface area contributed by atoms with Crippen molar-refractivity contribution in [3.63, 3.8) is 0 Å². The van der Waals surface area contributed by atoms with Crippen molar-refractivity contribution in [3.8, 4) is 5.75 Å². The number of quaternary nitrogens is 1. The topological polar surface area (TPSA) is 127 Å². The van der Waals surface area contributed by atoms with Crippen LogP contribution in [0, 0.1) is 0 Å². The number of primary amides is 1. The Morgan fingerprint density at radius 1 is 1.06 bits per heavy atom. The Bertz CT molecular complexity index is 1160. The molecule has 0 saturated heterocycles. The number of phenolic OH excluding ortho intramolecular Hbond substituents is 1. The molecular weight excluding hydrogens is 458 g/mol. The van der Waals surface area contributed by atoms with E-state index in [1.54, 1.807) is 12.1 Å². The maximum Gasteiger partial charge on any atom is 0.385 e. The molecule has 2 aromatic rings. The van der Waals surface area contributed by atoms with E-state index in [9.17, 15) is 19.5 Å². The van der Waals surface area contributed by atoms with Gasteiger partial charge in [0.05, 0.1) is 23.3 Å². The summed E-state index contributed by atoms with van der Waals surface area (Å²) in [5.41, 5.74) is 2.85. The maximum atomic E-state index is 13.8. The number of anilines is 1. The molecule has 190 valence electrons. The number of rotatable bonds is 8. The quantitative estimate of drug-likeness (QED) is 0.219. The Kier molecular flexibility index (Phi) is 7.90. The Morgan fingerprint density at radius 3 is 2.44 bits per heavy atom. The van der Waals surface area contributed by atoms with Crippen LogP contribution < -0.4 is 21.4 Å². The standard InChI is InChI=1S/C27H33N5O4/c1-3-20(17-11-6-4-7-12-17)29-22-23(30-21-16-10-15-19(24(21)33)25(34)28-2)27(36)32(31-26(22)35)18-13-8-5-9-14-18/h4,6-7,10-12,15-16,18,20,29-30,33H,3,5,8-9,13-14H2,1-2H3,(H,28,34)(H,31,35)/p+1/t20-/m1/s1. The van der Waals surface area contributed by atoms with Crippen LogP contribution in [0.4, 0.5) is 5.69 Å². The first-order valence-electron chi connectivity index (χ1n) is 12.5. The first-order chi connectivity index (χ1) is 17.4. The number of hydrogen-bond donors (Lipinski definition) is 5. The number of amides is 3. The predicted molar refractivity (Wildman–Crippen MR) is 135 cm³/mol. The third kappa shape index (κ3) is 5.21. The minimum atomic E-state index is -0.457. The van der Waals surface area contributed by atoms with Crippen molar-refractivity contribution < 1.29 is 24.9 Å². The average Bonchev–Trinajstić information content (AvgIpc) is 2.91. The van der Waals surface area contributed by atoms with Gasteiger partial charge in [-0.25, -0.2) is 4.79 Å². The van der Waals surface area contributed by atoms with Crippen LogP contribution in [-0.2, 0) is 9.59 Å². The zero-order chi connectivity index (χ0) is 25.7. The van der Waals surface area contributed by atoms with Crippen molar-refractivity contribution in [1.29, 1.82) is 0 Å². The van der Waals surface area contributed by atoms with Gasteiger partial charge in [0.25, 0.3) is 5.91 Å². The second kappa shape index (κ2) is 11.3. The predicted octanol–water partition coefficient (Wildman–Crippen LogP) is 2.30. The molecule has 6 N–H and O–H groups in total. The number of benzene rings is 2. The Balaban J connectivity index is 1.75. The summed E-state index contributed by atoms with van der Waals surface area (Å²) in [6, 6.07) is 14.2. The molecule has 1 saturated carbocycles. The van der Waals surface area contributed by atoms with Crippen molar-refractivity contribution >= 4 is 23.4 Å². The van der Waals surface area contributed by atoms with Crippen LogP contribution in [-0.4, -0.2) is 40.9 Å². The van der Waals surface area contributed by atoms with Crippen molar-refractivity contribution in [2.45, 2.75) is 57.5 Å². The number of aromatic hydroxyl groups is 1. The molecule has 36 heavy (non-hydrogen) atoms. The fourth-order valence-electron chi connectivity index (χ4n) is 4.88. The van der Waals surface area contributed by atoms with Gasteiger partial charge in [0.1, 0.15) is 5.70 Å². The van der Waals surface area contributed by atoms with Crippen LogP contribution >= 0.6 is 0 Å². The highest BCUT2D eigenvalue weighted by Gasteiger charge is 2.42. The van der Waals surface area contributed by atoms with E-state index < -0.39 is 5.91 Å². The van der Waals surface area contributed by atoms with E-state index in [2.05, 4.69) is 16.0 Å². The third-order valence-corrected chi connectivity index (χ3v) is 6.87. The fraction of sp³-hybridized carbons (Fsp3) is 0.370. The summed E-state index contributed by atoms with van der Waals surface area (Å²) in [7, 11) is 1.47. The summed E-state index contributed by atoms with van der Waals surface area (Å²) in [5, 5.41) is 21.1. The summed E-state index contributed by atoms with van der Waals surface area (Å²) >= 11 is 0. The van der Waals surface area contributed by atoms with E-state index in [0.29, 0.717) is 6.42 Å². The highest BCUT2D eigenvalue weighted by atomic mass is 16.3. The molecule has 2 aliphatic rings. The highest BCUT2D eigenvalue weighted by molar-refractivity contribution is 6.06. The molecule has 0 aromatic heterocycles.